The Morgan fingerprint density at radius 2 is 1.16 bits per heavy atom. The first kappa shape index (κ1) is 72.3. The molecule has 5 atom stereocenters. The van der Waals surface area contributed by atoms with Gasteiger partial charge in [-0.05, 0) is 57.4 Å². The van der Waals surface area contributed by atoms with E-state index in [1.54, 1.807) is 11.6 Å². The molecule has 2 aromatic carbocycles. The Morgan fingerprint density at radius 1 is 0.641 bits per heavy atom. The number of fused-ring (bicyclic) bond motifs is 1. The lowest BCUT2D eigenvalue weighted by Crippen LogP contribution is -2.85. The third-order valence-corrected chi connectivity index (χ3v) is 17.0. The predicted molar refractivity (Wildman–Crippen MR) is 327 cm³/mol. The van der Waals surface area contributed by atoms with E-state index in [4.69, 9.17) is 61.8 Å². The van der Waals surface area contributed by atoms with Crippen LogP contribution in [0, 0.1) is 29.8 Å². The number of hydrogen-bond acceptors (Lipinski definition) is 20. The Labute approximate surface area is 537 Å². The first-order chi connectivity index (χ1) is 45.0. The minimum atomic E-state index is -1.30. The zero-order chi connectivity index (χ0) is 64.6. The summed E-state index contributed by atoms with van der Waals surface area (Å²) in [5.41, 5.74) is 4.80. The van der Waals surface area contributed by atoms with E-state index in [1.165, 1.54) is 18.5 Å². The minimum absolute atomic E-state index is 0.00780. The molecule has 4 aromatic rings. The Balaban J connectivity index is 0.510. The van der Waals surface area contributed by atoms with Crippen LogP contribution in [-0.4, -0.2) is 236 Å². The first-order valence-corrected chi connectivity index (χ1v) is 32.6. The number of aromatic nitrogens is 5. The van der Waals surface area contributed by atoms with Crippen LogP contribution >= 0.6 is 0 Å². The topological polar surface area (TPSA) is 238 Å². The van der Waals surface area contributed by atoms with Gasteiger partial charge in [-0.3, -0.25) is 19.3 Å². The Kier molecular flexibility index (Phi) is 31.4. The summed E-state index contributed by atoms with van der Waals surface area (Å²) in [5, 5.41) is 11.8. The summed E-state index contributed by atoms with van der Waals surface area (Å²) in [5.74, 6) is -4.31. The molecule has 1 N–H and O–H groups in total. The van der Waals surface area contributed by atoms with Crippen molar-refractivity contribution in [1.82, 2.24) is 39.7 Å². The fraction of sp³-hybridized carbons (Fsp3) is 0.692. The number of nitrogens with zero attached hydrogens (tertiary/aromatic N) is 7. The zero-order valence-corrected chi connectivity index (χ0v) is 53.6. The van der Waals surface area contributed by atoms with Gasteiger partial charge in [-0.15, -0.1) is 5.10 Å². The van der Waals surface area contributed by atoms with E-state index in [9.17, 15) is 27.6 Å². The lowest BCUT2D eigenvalue weighted by atomic mass is 9.40. The molecule has 2 aliphatic heterocycles. The number of imidazole rings is 1. The standard InChI is InChI=1S/C65H95F3N8O16/c1-49-69-57-48-73(17-14-58(57)76(49)61-46-60-65(61)16-12-59(65)75(60)18-13-56(70-50(2)77)51-8-4-3-5-9-51)62(78)11-7-6-10-53-47-74(72-71-53)19-21-81-23-25-83-27-29-85-31-33-87-35-37-89-39-41-91-43-42-90-40-38-88-36-34-86-32-30-84-28-26-82-24-22-80-20-15-63(79)92-64-54(67)44-52(66)45-55(64)68/h3-5,8-9,44-45,47,56,59-61H,6-7,10-43,46,48H2,1-2H3,(H,70,77)/t56-,59?,60?,61?,65?/m0/s1. The number of halogens is 3. The molecule has 4 heterocycles. The number of nitrogens with one attached hydrogen (secondary N) is 1. The summed E-state index contributed by atoms with van der Waals surface area (Å²) >= 11 is 0. The van der Waals surface area contributed by atoms with Crippen molar-refractivity contribution in [2.45, 2.75) is 115 Å². The van der Waals surface area contributed by atoms with Gasteiger partial charge in [-0.2, -0.15) is 0 Å². The average Bonchev–Trinajstić information content (AvgIpc) is 0.836. The number of benzene rings is 2. The van der Waals surface area contributed by atoms with Gasteiger partial charge in [0.15, 0.2) is 11.6 Å². The van der Waals surface area contributed by atoms with Crippen LogP contribution in [0.3, 0.4) is 0 Å². The summed E-state index contributed by atoms with van der Waals surface area (Å²) in [4.78, 5) is 47.0. The average molecular weight is 1300 g/mol. The van der Waals surface area contributed by atoms with Crippen LogP contribution in [0.2, 0.25) is 0 Å². The summed E-state index contributed by atoms with van der Waals surface area (Å²) in [6.07, 6.45) is 10.0. The highest BCUT2D eigenvalue weighted by Gasteiger charge is 2.75. The summed E-state index contributed by atoms with van der Waals surface area (Å²) in [7, 11) is 0. The molecule has 3 fully saturated rings. The van der Waals surface area contributed by atoms with Crippen molar-refractivity contribution < 1.29 is 89.1 Å². The highest BCUT2D eigenvalue weighted by atomic mass is 19.1. The normalized spacial score (nSPS) is 18.6. The number of aryl methyl sites for hydroxylation is 2. The van der Waals surface area contributed by atoms with Crippen molar-refractivity contribution in [3.05, 3.63) is 94.6 Å². The summed E-state index contributed by atoms with van der Waals surface area (Å²) in [6, 6.07) is 12.8. The molecule has 24 nitrogen and oxygen atoms in total. The van der Waals surface area contributed by atoms with Crippen LogP contribution in [0.25, 0.3) is 0 Å². The van der Waals surface area contributed by atoms with E-state index in [0.717, 1.165) is 74.4 Å². The molecule has 2 amide bonds. The van der Waals surface area contributed by atoms with Gasteiger partial charge < -0.3 is 76.4 Å². The molecule has 2 aromatic heterocycles. The number of unbranched alkanes of at least 4 members (excludes halogenated alkanes) is 1. The second-order valence-electron chi connectivity index (χ2n) is 23.1. The fourth-order valence-electron chi connectivity index (χ4n) is 12.4. The highest BCUT2D eigenvalue weighted by Crippen LogP contribution is 2.73. The van der Waals surface area contributed by atoms with Crippen molar-refractivity contribution in [3.8, 4) is 5.75 Å². The largest absolute Gasteiger partial charge is 0.420 e. The molecule has 4 unspecified atom stereocenters. The van der Waals surface area contributed by atoms with E-state index in [1.807, 2.05) is 29.3 Å². The SMILES string of the molecule is CC(=O)N[C@@H](CCN1C2CCC23C1CC3n1c(C)nc2c1CCN(C(=O)CCCCc1cn(CCOCCOCCOCCOCCOCCOCCOCCOCCOCCOCCOCCOCCC(=O)Oc3c(F)cc(F)cc3F)nn1)C2)c1ccccc1. The third kappa shape index (κ3) is 22.6. The van der Waals surface area contributed by atoms with Crippen LogP contribution in [0.5, 0.6) is 5.75 Å². The van der Waals surface area contributed by atoms with Gasteiger partial charge in [-0.1, -0.05) is 35.5 Å². The monoisotopic (exact) mass is 1300 g/mol. The number of likely N-dealkylation sites (tertiary alicyclic amines) is 1. The van der Waals surface area contributed by atoms with Crippen LogP contribution in [-0.2, 0) is 97.2 Å². The molecular weight excluding hydrogens is 1210 g/mol. The number of ether oxygens (including phenoxy) is 13. The lowest BCUT2D eigenvalue weighted by molar-refractivity contribution is -0.295. The van der Waals surface area contributed by atoms with E-state index in [-0.39, 0.29) is 44.1 Å². The fourth-order valence-corrected chi connectivity index (χ4v) is 12.4. The van der Waals surface area contributed by atoms with Crippen molar-refractivity contribution >= 4 is 17.8 Å². The van der Waals surface area contributed by atoms with Gasteiger partial charge in [0, 0.05) is 80.4 Å². The maximum atomic E-state index is 13.6. The third-order valence-electron chi connectivity index (χ3n) is 17.0. The Morgan fingerprint density at radius 3 is 1.66 bits per heavy atom. The molecule has 4 aliphatic rings. The number of amides is 2. The number of hydrogen-bond donors (Lipinski definition) is 1. The van der Waals surface area contributed by atoms with Gasteiger partial charge in [0.2, 0.25) is 17.6 Å². The van der Waals surface area contributed by atoms with Gasteiger partial charge in [0.1, 0.15) is 11.6 Å². The summed E-state index contributed by atoms with van der Waals surface area (Å²) in [6.45, 7) is 16.2. The smallest absolute Gasteiger partial charge is 0.313 e. The second-order valence-corrected chi connectivity index (χ2v) is 23.1. The van der Waals surface area contributed by atoms with Gasteiger partial charge in [0.25, 0.3) is 0 Å². The number of piperidine rings is 2. The quantitative estimate of drug-likeness (QED) is 0.0315. The molecule has 27 heteroatoms. The number of carbonyl (C=O) groups excluding carboxylic acids is 3. The Hall–Kier alpha value is -5.53. The maximum absolute atomic E-state index is 13.6. The van der Waals surface area contributed by atoms with Gasteiger partial charge >= 0.3 is 5.97 Å². The van der Waals surface area contributed by atoms with E-state index >= 15 is 0 Å². The van der Waals surface area contributed by atoms with E-state index in [0.29, 0.717) is 194 Å². The molecule has 512 valence electrons. The minimum Gasteiger partial charge on any atom is -0.420 e. The van der Waals surface area contributed by atoms with E-state index in [2.05, 4.69) is 48.9 Å². The molecule has 1 spiro atoms. The number of rotatable bonds is 51. The molecule has 0 bridgehead atoms. The molecular formula is C65H95F3N8O16. The molecule has 1 saturated heterocycles. The van der Waals surface area contributed by atoms with Crippen LogP contribution in [0.4, 0.5) is 13.2 Å². The second kappa shape index (κ2) is 40.0. The molecule has 8 rings (SSSR count). The Bertz CT molecular complexity index is 2780. The van der Waals surface area contributed by atoms with Crippen molar-refractivity contribution in [2.24, 2.45) is 5.41 Å². The first-order valence-electron chi connectivity index (χ1n) is 32.6. The van der Waals surface area contributed by atoms with Crippen molar-refractivity contribution in [2.75, 3.05) is 172 Å². The van der Waals surface area contributed by atoms with Gasteiger partial charge in [-0.25, -0.2) is 22.8 Å². The van der Waals surface area contributed by atoms with Crippen LogP contribution < -0.4 is 10.1 Å². The van der Waals surface area contributed by atoms with Crippen molar-refractivity contribution in [3.63, 3.8) is 0 Å². The number of esters is 1. The van der Waals surface area contributed by atoms with E-state index < -0.39 is 29.2 Å². The molecule has 0 radical (unpaired) electrons. The zero-order valence-electron chi connectivity index (χ0n) is 53.6. The summed E-state index contributed by atoms with van der Waals surface area (Å²) < 4.78 is 115. The highest BCUT2D eigenvalue weighted by molar-refractivity contribution is 5.76. The molecule has 2 aliphatic carbocycles. The predicted octanol–water partition coefficient (Wildman–Crippen LogP) is 5.74. The maximum Gasteiger partial charge on any atom is 0.313 e. The van der Waals surface area contributed by atoms with Gasteiger partial charge in [0.05, 0.1) is 196 Å². The molecule has 92 heavy (non-hydrogen) atoms. The molecule has 2 saturated carbocycles. The lowest BCUT2D eigenvalue weighted by Gasteiger charge is -2.80. The van der Waals surface area contributed by atoms with Crippen LogP contribution in [0.1, 0.15) is 98.8 Å². The van der Waals surface area contributed by atoms with Crippen molar-refractivity contribution in [1.29, 1.82) is 0 Å². The van der Waals surface area contributed by atoms with Crippen LogP contribution in [0.15, 0.2) is 48.7 Å². The number of carbonyl (C=O) groups is 3.